The van der Waals surface area contributed by atoms with E-state index < -0.39 is 47.4 Å². The zero-order chi connectivity index (χ0) is 28.0. The highest BCUT2D eigenvalue weighted by Crippen LogP contribution is 2.24. The third-order valence-corrected chi connectivity index (χ3v) is 4.26. The third-order valence-electron chi connectivity index (χ3n) is 4.26. The van der Waals surface area contributed by atoms with Gasteiger partial charge in [0.05, 0.1) is 12.2 Å². The van der Waals surface area contributed by atoms with Gasteiger partial charge >= 0.3 is 5.97 Å². The summed E-state index contributed by atoms with van der Waals surface area (Å²) in [6.07, 6.45) is -1.69. The van der Waals surface area contributed by atoms with Crippen molar-refractivity contribution in [2.24, 2.45) is 0 Å². The SMILES string of the molecule is C=O.C=O.CC(=O)O[C@H](C)CN(C[C@H](C)OF)c1cc(C(=O)Nc2cc(F)c(F)c(F)c2)ccc1F. The number of nitrogens with one attached hydrogen (secondary N) is 1. The Bertz CT molecular complexity index is 1000. The van der Waals surface area contributed by atoms with E-state index in [4.69, 9.17) is 14.3 Å². The van der Waals surface area contributed by atoms with Gasteiger partial charge in [0.15, 0.2) is 17.5 Å². The minimum absolute atomic E-state index is 0.0519. The lowest BCUT2D eigenvalue weighted by Crippen LogP contribution is -2.38. The number of carbonyl (C=O) groups is 4. The fraction of sp³-hybridized carbons (Fsp3) is 0.304. The summed E-state index contributed by atoms with van der Waals surface area (Å²) < 4.78 is 72.1. The minimum Gasteiger partial charge on any atom is -0.461 e. The molecule has 1 amide bonds. The summed E-state index contributed by atoms with van der Waals surface area (Å²) in [4.78, 5) is 44.7. The van der Waals surface area contributed by atoms with Crippen molar-refractivity contribution in [1.82, 2.24) is 0 Å². The van der Waals surface area contributed by atoms with Gasteiger partial charge in [-0.25, -0.2) is 17.6 Å². The molecule has 0 aliphatic carbocycles. The summed E-state index contributed by atoms with van der Waals surface area (Å²) in [5.74, 6) is -6.87. The molecule has 198 valence electrons. The molecule has 0 aliphatic rings. The van der Waals surface area contributed by atoms with E-state index in [1.165, 1.54) is 18.7 Å². The highest BCUT2D eigenvalue weighted by atomic mass is 19.3. The number of halogens is 5. The highest BCUT2D eigenvalue weighted by molar-refractivity contribution is 6.04. The van der Waals surface area contributed by atoms with Crippen LogP contribution in [0.2, 0.25) is 0 Å². The van der Waals surface area contributed by atoms with Crippen LogP contribution < -0.4 is 10.2 Å². The lowest BCUT2D eigenvalue weighted by Gasteiger charge is -2.29. The summed E-state index contributed by atoms with van der Waals surface area (Å²) in [5.41, 5.74) is -0.584. The predicted octanol–water partition coefficient (Wildman–Crippen LogP) is 4.17. The van der Waals surface area contributed by atoms with Gasteiger partial charge in [-0.1, -0.05) is 0 Å². The number of benzene rings is 2. The molecular formula is C23H25F5N2O6. The average Bonchev–Trinajstić information content (AvgIpc) is 2.84. The van der Waals surface area contributed by atoms with Crippen LogP contribution in [-0.4, -0.2) is 50.8 Å². The van der Waals surface area contributed by atoms with E-state index in [2.05, 4.69) is 10.3 Å². The molecule has 36 heavy (non-hydrogen) atoms. The second-order valence-corrected chi connectivity index (χ2v) is 7.10. The Kier molecular flexibility index (Phi) is 14.2. The second-order valence-electron chi connectivity index (χ2n) is 7.10. The number of rotatable bonds is 9. The first kappa shape index (κ1) is 32.1. The van der Waals surface area contributed by atoms with E-state index in [0.29, 0.717) is 12.1 Å². The van der Waals surface area contributed by atoms with Crippen molar-refractivity contribution in [2.45, 2.75) is 33.0 Å². The minimum atomic E-state index is -1.69. The Labute approximate surface area is 203 Å². The molecule has 0 saturated heterocycles. The molecule has 0 aromatic heterocycles. The fourth-order valence-corrected chi connectivity index (χ4v) is 2.97. The molecular weight excluding hydrogens is 495 g/mol. The van der Waals surface area contributed by atoms with Crippen molar-refractivity contribution >= 4 is 36.8 Å². The molecule has 2 atom stereocenters. The Morgan fingerprint density at radius 3 is 1.94 bits per heavy atom. The van der Waals surface area contributed by atoms with Gasteiger partial charge in [0.1, 0.15) is 31.6 Å². The lowest BCUT2D eigenvalue weighted by atomic mass is 10.1. The normalized spacial score (nSPS) is 11.6. The van der Waals surface area contributed by atoms with Crippen LogP contribution in [0.4, 0.5) is 33.5 Å². The van der Waals surface area contributed by atoms with Gasteiger partial charge in [0, 0.05) is 36.9 Å². The average molecular weight is 520 g/mol. The van der Waals surface area contributed by atoms with Crippen LogP contribution in [0.5, 0.6) is 0 Å². The summed E-state index contributed by atoms with van der Waals surface area (Å²) in [6.45, 7) is 7.92. The van der Waals surface area contributed by atoms with Crippen molar-refractivity contribution in [1.29, 1.82) is 0 Å². The van der Waals surface area contributed by atoms with Gasteiger partial charge in [-0.05, 0) is 36.6 Å². The number of anilines is 2. The zero-order valence-electron chi connectivity index (χ0n) is 19.7. The Hall–Kier alpha value is -3.87. The molecule has 0 unspecified atom stereocenters. The number of carbonyl (C=O) groups excluding carboxylic acids is 4. The zero-order valence-corrected chi connectivity index (χ0v) is 19.7. The molecule has 0 fully saturated rings. The second kappa shape index (κ2) is 15.9. The van der Waals surface area contributed by atoms with Gasteiger partial charge in [0.25, 0.3) is 5.91 Å². The van der Waals surface area contributed by atoms with E-state index in [-0.39, 0.29) is 30.0 Å². The maximum Gasteiger partial charge on any atom is 0.302 e. The van der Waals surface area contributed by atoms with Crippen LogP contribution in [0.1, 0.15) is 31.1 Å². The first-order chi connectivity index (χ1) is 17.0. The van der Waals surface area contributed by atoms with Gasteiger partial charge in [-0.3, -0.25) is 9.59 Å². The van der Waals surface area contributed by atoms with Crippen LogP contribution in [0.25, 0.3) is 0 Å². The number of ether oxygens (including phenoxy) is 1. The standard InChI is InChI=1S/C21H21F5N2O4.2CH2O/c1-11(31-13(3)29)9-28(10-12(2)32-26)19-6-14(4-5-16(19)22)21(30)27-15-7-17(23)20(25)18(24)8-15;2*1-2/h4-8,11-12H,9-10H2,1-3H3,(H,27,30);2*1H2/t11-,12+;;/m1../s1. The highest BCUT2D eigenvalue weighted by Gasteiger charge is 2.21. The molecule has 0 saturated carbocycles. The van der Waals surface area contributed by atoms with Gasteiger partial charge in [0.2, 0.25) is 0 Å². The van der Waals surface area contributed by atoms with Gasteiger partial charge in [-0.2, -0.15) is 4.94 Å². The van der Waals surface area contributed by atoms with E-state index in [1.807, 2.05) is 13.6 Å². The Morgan fingerprint density at radius 1 is 0.917 bits per heavy atom. The molecule has 0 radical (unpaired) electrons. The van der Waals surface area contributed by atoms with Gasteiger partial charge < -0.3 is 24.5 Å². The number of esters is 1. The summed E-state index contributed by atoms with van der Waals surface area (Å²) in [5, 5.41) is 2.19. The smallest absolute Gasteiger partial charge is 0.302 e. The monoisotopic (exact) mass is 520 g/mol. The number of amides is 1. The van der Waals surface area contributed by atoms with Crippen molar-refractivity contribution in [3.05, 3.63) is 59.2 Å². The van der Waals surface area contributed by atoms with Crippen molar-refractivity contribution in [3.8, 4) is 0 Å². The topological polar surface area (TPSA) is 102 Å². The van der Waals surface area contributed by atoms with Crippen molar-refractivity contribution in [3.63, 3.8) is 0 Å². The Morgan fingerprint density at radius 2 is 1.44 bits per heavy atom. The Balaban J connectivity index is 0.00000291. The van der Waals surface area contributed by atoms with E-state index in [9.17, 15) is 31.7 Å². The first-order valence-corrected chi connectivity index (χ1v) is 10.0. The van der Waals surface area contributed by atoms with Crippen LogP contribution in [0, 0.1) is 23.3 Å². The molecule has 8 nitrogen and oxygen atoms in total. The van der Waals surface area contributed by atoms with Crippen molar-refractivity contribution in [2.75, 3.05) is 23.3 Å². The molecule has 1 N–H and O–H groups in total. The summed E-state index contributed by atoms with van der Waals surface area (Å²) >= 11 is 0. The largest absolute Gasteiger partial charge is 0.461 e. The number of nitrogens with zero attached hydrogens (tertiary/aromatic N) is 1. The van der Waals surface area contributed by atoms with E-state index in [0.717, 1.165) is 18.2 Å². The molecule has 0 spiro atoms. The quantitative estimate of drug-likeness (QED) is 0.301. The third kappa shape index (κ3) is 9.78. The summed E-state index contributed by atoms with van der Waals surface area (Å²) in [6, 6.07) is 4.41. The predicted molar refractivity (Wildman–Crippen MR) is 120 cm³/mol. The molecule has 2 rings (SSSR count). The summed E-state index contributed by atoms with van der Waals surface area (Å²) in [7, 11) is 0. The van der Waals surface area contributed by atoms with Crippen LogP contribution in [0.3, 0.4) is 0 Å². The first-order valence-electron chi connectivity index (χ1n) is 10.0. The van der Waals surface area contributed by atoms with Crippen molar-refractivity contribution < 1.29 is 50.9 Å². The molecule has 0 heterocycles. The fourth-order valence-electron chi connectivity index (χ4n) is 2.97. The van der Waals surface area contributed by atoms with E-state index in [1.54, 1.807) is 6.92 Å². The number of hydrogen-bond acceptors (Lipinski definition) is 7. The van der Waals surface area contributed by atoms with Gasteiger partial charge in [-0.15, -0.1) is 0 Å². The van der Waals surface area contributed by atoms with Crippen LogP contribution in [0.15, 0.2) is 30.3 Å². The molecule has 0 bridgehead atoms. The molecule has 0 aliphatic heterocycles. The van der Waals surface area contributed by atoms with Crippen LogP contribution >= 0.6 is 0 Å². The maximum atomic E-state index is 14.6. The maximum absolute atomic E-state index is 14.6. The lowest BCUT2D eigenvalue weighted by molar-refractivity contribution is -0.169. The molecule has 2 aromatic carbocycles. The van der Waals surface area contributed by atoms with E-state index >= 15 is 0 Å². The molecule has 2 aromatic rings. The number of hydrogen-bond donors (Lipinski definition) is 1. The van der Waals surface area contributed by atoms with Crippen LogP contribution in [-0.2, 0) is 24.1 Å². The molecule has 13 heteroatoms.